The molecule has 0 spiro atoms. The van der Waals surface area contributed by atoms with Gasteiger partial charge in [-0.2, -0.15) is 5.26 Å². The number of piperidine rings is 1. The lowest BCUT2D eigenvalue weighted by Crippen LogP contribution is -2.48. The lowest BCUT2D eigenvalue weighted by molar-refractivity contribution is -0.137. The lowest BCUT2D eigenvalue weighted by atomic mass is 9.97. The van der Waals surface area contributed by atoms with Gasteiger partial charge in [-0.05, 0) is 46.1 Å². The van der Waals surface area contributed by atoms with Gasteiger partial charge in [0.1, 0.15) is 12.6 Å². The van der Waals surface area contributed by atoms with Crippen LogP contribution in [0.15, 0.2) is 24.3 Å². The number of nitrogens with zero attached hydrogens (tertiary/aromatic N) is 3. The standard InChI is InChI=1S/C19H23N3O/c1-13-7-6-8-14(2)22(13)19(23)12-21-15(3)17(11-20)16-9-4-5-10-18(16)21/h4-5,9-10,13-14H,6-8,12H2,1-3H3/t13-,14-/m0/s1. The average Bonchev–Trinajstić information content (AvgIpc) is 2.79. The third-order valence-corrected chi connectivity index (χ3v) is 5.12. The molecule has 4 heteroatoms. The first-order valence-electron chi connectivity index (χ1n) is 8.33. The van der Waals surface area contributed by atoms with Crippen LogP contribution in [0.5, 0.6) is 0 Å². The van der Waals surface area contributed by atoms with Gasteiger partial charge in [-0.3, -0.25) is 4.79 Å². The number of fused-ring (bicyclic) bond motifs is 1. The van der Waals surface area contributed by atoms with E-state index >= 15 is 0 Å². The van der Waals surface area contributed by atoms with Gasteiger partial charge in [-0.15, -0.1) is 0 Å². The summed E-state index contributed by atoms with van der Waals surface area (Å²) >= 11 is 0. The third-order valence-electron chi connectivity index (χ3n) is 5.12. The molecule has 0 unspecified atom stereocenters. The highest BCUT2D eigenvalue weighted by Gasteiger charge is 2.29. The predicted molar refractivity (Wildman–Crippen MR) is 91.0 cm³/mol. The number of carbonyl (C=O) groups excluding carboxylic acids is 1. The molecule has 0 saturated carbocycles. The zero-order valence-electron chi connectivity index (χ0n) is 14.0. The first-order chi connectivity index (χ1) is 11.0. The smallest absolute Gasteiger partial charge is 0.242 e. The summed E-state index contributed by atoms with van der Waals surface area (Å²) in [5.74, 6) is 0.151. The maximum atomic E-state index is 12.9. The molecule has 1 saturated heterocycles. The van der Waals surface area contributed by atoms with E-state index in [4.69, 9.17) is 0 Å². The van der Waals surface area contributed by atoms with Crippen molar-refractivity contribution < 1.29 is 4.79 Å². The second kappa shape index (κ2) is 6.08. The molecule has 0 bridgehead atoms. The van der Waals surface area contributed by atoms with Crippen LogP contribution in [0, 0.1) is 18.3 Å². The number of nitriles is 1. The van der Waals surface area contributed by atoms with Gasteiger partial charge in [0.05, 0.1) is 11.1 Å². The Morgan fingerprint density at radius 1 is 1.26 bits per heavy atom. The Bertz CT molecular complexity index is 774. The van der Waals surface area contributed by atoms with Crippen LogP contribution < -0.4 is 0 Å². The summed E-state index contributed by atoms with van der Waals surface area (Å²) in [6, 6.07) is 10.7. The Kier molecular flexibility index (Phi) is 4.12. The van der Waals surface area contributed by atoms with Gasteiger partial charge in [0.2, 0.25) is 5.91 Å². The van der Waals surface area contributed by atoms with Crippen molar-refractivity contribution in [2.45, 2.75) is 58.7 Å². The second-order valence-corrected chi connectivity index (χ2v) is 6.61. The Morgan fingerprint density at radius 2 is 1.91 bits per heavy atom. The number of aromatic nitrogens is 1. The minimum Gasteiger partial charge on any atom is -0.336 e. The Balaban J connectivity index is 1.97. The van der Waals surface area contributed by atoms with E-state index in [-0.39, 0.29) is 5.91 Å². The van der Waals surface area contributed by atoms with Crippen LogP contribution in [0.4, 0.5) is 0 Å². The number of carbonyl (C=O) groups is 1. The number of hydrogen-bond donors (Lipinski definition) is 0. The SMILES string of the molecule is Cc1c(C#N)c2ccccc2n1CC(=O)N1[C@@H](C)CCC[C@@H]1C. The van der Waals surface area contributed by atoms with E-state index < -0.39 is 0 Å². The molecule has 2 heterocycles. The first kappa shape index (κ1) is 15.6. The summed E-state index contributed by atoms with van der Waals surface area (Å²) in [6.45, 7) is 6.50. The van der Waals surface area contributed by atoms with Crippen LogP contribution >= 0.6 is 0 Å². The van der Waals surface area contributed by atoms with Crippen molar-refractivity contribution in [3.8, 4) is 6.07 Å². The summed E-state index contributed by atoms with van der Waals surface area (Å²) in [6.07, 6.45) is 3.34. The molecular weight excluding hydrogens is 286 g/mol. The molecule has 1 amide bonds. The molecule has 0 N–H and O–H groups in total. The summed E-state index contributed by atoms with van der Waals surface area (Å²) in [4.78, 5) is 14.9. The van der Waals surface area contributed by atoms with Crippen LogP contribution in [0.3, 0.4) is 0 Å². The Hall–Kier alpha value is -2.28. The summed E-state index contributed by atoms with van der Waals surface area (Å²) in [5.41, 5.74) is 2.51. The molecule has 2 aromatic rings. The summed E-state index contributed by atoms with van der Waals surface area (Å²) in [7, 11) is 0. The molecule has 4 nitrogen and oxygen atoms in total. The van der Waals surface area contributed by atoms with Crippen molar-refractivity contribution in [3.63, 3.8) is 0 Å². The lowest BCUT2D eigenvalue weighted by Gasteiger charge is -2.39. The third kappa shape index (κ3) is 2.61. The number of likely N-dealkylation sites (tertiary alicyclic amines) is 1. The molecule has 1 aliphatic heterocycles. The van der Waals surface area contributed by atoms with Crippen LogP contribution in [-0.4, -0.2) is 27.5 Å². The topological polar surface area (TPSA) is 49.0 Å². The van der Waals surface area contributed by atoms with Crippen molar-refractivity contribution in [2.75, 3.05) is 0 Å². The number of hydrogen-bond acceptors (Lipinski definition) is 2. The number of rotatable bonds is 2. The van der Waals surface area contributed by atoms with Gasteiger partial charge in [-0.25, -0.2) is 0 Å². The molecular formula is C19H23N3O. The Morgan fingerprint density at radius 3 is 2.57 bits per heavy atom. The van der Waals surface area contributed by atoms with Crippen molar-refractivity contribution in [2.24, 2.45) is 0 Å². The van der Waals surface area contributed by atoms with Gasteiger partial charge in [0, 0.05) is 23.2 Å². The largest absolute Gasteiger partial charge is 0.336 e. The molecule has 3 rings (SSSR count). The minimum absolute atomic E-state index is 0.151. The number of amides is 1. The van der Waals surface area contributed by atoms with E-state index in [1.54, 1.807) is 0 Å². The van der Waals surface area contributed by atoms with Crippen molar-refractivity contribution in [1.82, 2.24) is 9.47 Å². The van der Waals surface area contributed by atoms with Gasteiger partial charge < -0.3 is 9.47 Å². The quantitative estimate of drug-likeness (QED) is 0.851. The van der Waals surface area contributed by atoms with Crippen LogP contribution in [-0.2, 0) is 11.3 Å². The van der Waals surface area contributed by atoms with Gasteiger partial charge in [0.15, 0.2) is 0 Å². The molecule has 2 atom stereocenters. The molecule has 0 aliphatic carbocycles. The fraction of sp³-hybridized carbons (Fsp3) is 0.474. The Labute approximate surface area is 137 Å². The first-order valence-corrected chi connectivity index (χ1v) is 8.33. The van der Waals surface area contributed by atoms with Gasteiger partial charge in [0.25, 0.3) is 0 Å². The minimum atomic E-state index is 0.151. The molecule has 0 radical (unpaired) electrons. The maximum Gasteiger partial charge on any atom is 0.242 e. The van der Waals surface area contributed by atoms with Crippen LogP contribution in [0.1, 0.15) is 44.4 Å². The van der Waals surface area contributed by atoms with E-state index in [1.807, 2.05) is 40.7 Å². The van der Waals surface area contributed by atoms with Crippen molar-refractivity contribution in [1.29, 1.82) is 5.26 Å². The summed E-state index contributed by atoms with van der Waals surface area (Å²) in [5, 5.41) is 10.4. The molecule has 1 aliphatic rings. The highest BCUT2D eigenvalue weighted by Crippen LogP contribution is 2.27. The van der Waals surface area contributed by atoms with Crippen LogP contribution in [0.2, 0.25) is 0 Å². The summed E-state index contributed by atoms with van der Waals surface area (Å²) < 4.78 is 1.99. The van der Waals surface area contributed by atoms with E-state index in [2.05, 4.69) is 19.9 Å². The van der Waals surface area contributed by atoms with Crippen molar-refractivity contribution in [3.05, 3.63) is 35.5 Å². The van der Waals surface area contributed by atoms with E-state index in [0.29, 0.717) is 24.2 Å². The van der Waals surface area contributed by atoms with E-state index in [9.17, 15) is 10.1 Å². The molecule has 1 aromatic carbocycles. The monoisotopic (exact) mass is 309 g/mol. The molecule has 23 heavy (non-hydrogen) atoms. The normalized spacial score (nSPS) is 21.4. The molecule has 120 valence electrons. The maximum absolute atomic E-state index is 12.9. The molecule has 1 aromatic heterocycles. The number of benzene rings is 1. The number of para-hydroxylation sites is 1. The predicted octanol–water partition coefficient (Wildman–Crippen LogP) is 3.61. The highest BCUT2D eigenvalue weighted by atomic mass is 16.2. The van der Waals surface area contributed by atoms with Crippen molar-refractivity contribution >= 4 is 16.8 Å². The zero-order chi connectivity index (χ0) is 16.6. The van der Waals surface area contributed by atoms with E-state index in [1.165, 1.54) is 6.42 Å². The van der Waals surface area contributed by atoms with Gasteiger partial charge in [-0.1, -0.05) is 18.2 Å². The fourth-order valence-corrected chi connectivity index (χ4v) is 3.91. The highest BCUT2D eigenvalue weighted by molar-refractivity contribution is 5.89. The van der Waals surface area contributed by atoms with E-state index in [0.717, 1.165) is 29.4 Å². The van der Waals surface area contributed by atoms with Crippen LogP contribution in [0.25, 0.3) is 10.9 Å². The zero-order valence-corrected chi connectivity index (χ0v) is 14.0. The van der Waals surface area contributed by atoms with Gasteiger partial charge >= 0.3 is 0 Å². The molecule has 1 fully saturated rings. The fourth-order valence-electron chi connectivity index (χ4n) is 3.91. The second-order valence-electron chi connectivity index (χ2n) is 6.61. The average molecular weight is 309 g/mol.